The van der Waals surface area contributed by atoms with Crippen LogP contribution in [0.15, 0.2) is 54.1 Å². The van der Waals surface area contributed by atoms with Gasteiger partial charge in [-0.1, -0.05) is 49.2 Å². The van der Waals surface area contributed by atoms with Crippen molar-refractivity contribution in [1.29, 1.82) is 0 Å². The van der Waals surface area contributed by atoms with Gasteiger partial charge in [-0.05, 0) is 43.2 Å². The molecule has 0 spiro atoms. The number of ether oxygens (including phenoxy) is 3. The van der Waals surface area contributed by atoms with Crippen LogP contribution in [0.3, 0.4) is 0 Å². The highest BCUT2D eigenvalue weighted by Gasteiger charge is 2.22. The molecule has 1 aliphatic rings. The zero-order valence-electron chi connectivity index (χ0n) is 16.0. The lowest BCUT2D eigenvalue weighted by atomic mass is 10.1. The molecule has 3 rings (SSSR count). The summed E-state index contributed by atoms with van der Waals surface area (Å²) < 4.78 is 16.6. The summed E-state index contributed by atoms with van der Waals surface area (Å²) in [5.74, 6) is 1.57. The van der Waals surface area contributed by atoms with Gasteiger partial charge in [0.25, 0.3) is 0 Å². The summed E-state index contributed by atoms with van der Waals surface area (Å²) in [6.45, 7) is 4.80. The number of rotatable bonds is 7. The van der Waals surface area contributed by atoms with E-state index in [4.69, 9.17) is 14.2 Å². The minimum absolute atomic E-state index is 0.354. The van der Waals surface area contributed by atoms with Crippen molar-refractivity contribution in [3.05, 3.63) is 70.8 Å². The maximum absolute atomic E-state index is 12.2. The van der Waals surface area contributed by atoms with E-state index in [-0.39, 0.29) is 5.97 Å². The van der Waals surface area contributed by atoms with Crippen LogP contribution in [0.2, 0.25) is 0 Å². The van der Waals surface area contributed by atoms with E-state index in [0.29, 0.717) is 29.4 Å². The van der Waals surface area contributed by atoms with Gasteiger partial charge in [-0.2, -0.15) is 0 Å². The van der Waals surface area contributed by atoms with Crippen molar-refractivity contribution in [1.82, 2.24) is 0 Å². The van der Waals surface area contributed by atoms with Crippen LogP contribution < -0.4 is 9.47 Å². The fraction of sp³-hybridized carbons (Fsp3) is 0.261. The first-order valence-corrected chi connectivity index (χ1v) is 9.14. The fourth-order valence-corrected chi connectivity index (χ4v) is 2.75. The first-order valence-electron chi connectivity index (χ1n) is 9.14. The minimum Gasteiger partial charge on any atom is -0.493 e. The van der Waals surface area contributed by atoms with E-state index in [9.17, 15) is 4.79 Å². The molecule has 2 aromatic carbocycles. The van der Waals surface area contributed by atoms with Crippen LogP contribution in [0, 0.1) is 6.92 Å². The molecule has 0 unspecified atom stereocenters. The van der Waals surface area contributed by atoms with E-state index in [1.807, 2.05) is 49.4 Å². The van der Waals surface area contributed by atoms with E-state index >= 15 is 0 Å². The van der Waals surface area contributed by atoms with Gasteiger partial charge < -0.3 is 14.2 Å². The molecule has 140 valence electrons. The van der Waals surface area contributed by atoms with Gasteiger partial charge in [-0.25, -0.2) is 4.79 Å². The lowest BCUT2D eigenvalue weighted by Gasteiger charge is -2.11. The largest absolute Gasteiger partial charge is 0.493 e. The van der Waals surface area contributed by atoms with Crippen LogP contribution >= 0.6 is 0 Å². The topological polar surface area (TPSA) is 44.8 Å². The standard InChI is InChI=1S/C23H24O4/c1-4-5-12-26-20-11-8-17(14-22(20)25-3)13-19-15-21(27-23(19)24)18-9-6-16(2)7-10-18/h6-11,13-15H,4-5,12H2,1-3H3/b19-13+. The average Bonchev–Trinajstić information content (AvgIpc) is 3.04. The Morgan fingerprint density at radius 3 is 2.56 bits per heavy atom. The van der Waals surface area contributed by atoms with E-state index in [1.54, 1.807) is 19.3 Å². The predicted octanol–water partition coefficient (Wildman–Crippen LogP) is 5.16. The Morgan fingerprint density at radius 2 is 1.85 bits per heavy atom. The van der Waals surface area contributed by atoms with Crippen molar-refractivity contribution >= 4 is 17.8 Å². The monoisotopic (exact) mass is 364 g/mol. The number of esters is 1. The maximum Gasteiger partial charge on any atom is 0.343 e. The second-order valence-electron chi connectivity index (χ2n) is 6.48. The molecule has 0 aromatic heterocycles. The van der Waals surface area contributed by atoms with Crippen LogP contribution in [0.5, 0.6) is 11.5 Å². The molecule has 1 heterocycles. The molecule has 0 bridgehead atoms. The summed E-state index contributed by atoms with van der Waals surface area (Å²) >= 11 is 0. The Morgan fingerprint density at radius 1 is 1.07 bits per heavy atom. The Balaban J connectivity index is 1.82. The number of aryl methyl sites for hydroxylation is 1. The molecule has 0 amide bonds. The predicted molar refractivity (Wildman–Crippen MR) is 107 cm³/mol. The van der Waals surface area contributed by atoms with Crippen LogP contribution in [-0.4, -0.2) is 19.7 Å². The van der Waals surface area contributed by atoms with Gasteiger partial charge >= 0.3 is 5.97 Å². The third-order valence-corrected chi connectivity index (χ3v) is 4.33. The van der Waals surface area contributed by atoms with Gasteiger partial charge in [-0.15, -0.1) is 0 Å². The zero-order valence-corrected chi connectivity index (χ0v) is 16.0. The Kier molecular flexibility index (Phi) is 5.97. The Labute approximate surface area is 160 Å². The van der Waals surface area contributed by atoms with Crippen LogP contribution in [-0.2, 0) is 9.53 Å². The van der Waals surface area contributed by atoms with Crippen LogP contribution in [0.4, 0.5) is 0 Å². The number of carbonyl (C=O) groups excluding carboxylic acids is 1. The molecule has 0 aliphatic carbocycles. The van der Waals surface area contributed by atoms with E-state index in [2.05, 4.69) is 6.92 Å². The Hall–Kier alpha value is -3.01. The van der Waals surface area contributed by atoms with Crippen molar-refractivity contribution in [2.75, 3.05) is 13.7 Å². The third-order valence-electron chi connectivity index (χ3n) is 4.33. The van der Waals surface area contributed by atoms with Crippen LogP contribution in [0.1, 0.15) is 36.5 Å². The first-order chi connectivity index (χ1) is 13.1. The first kappa shape index (κ1) is 18.8. The summed E-state index contributed by atoms with van der Waals surface area (Å²) in [6, 6.07) is 13.5. The zero-order chi connectivity index (χ0) is 19.2. The van der Waals surface area contributed by atoms with Gasteiger partial charge in [0.05, 0.1) is 19.3 Å². The molecule has 0 saturated carbocycles. The highest BCUT2D eigenvalue weighted by Crippen LogP contribution is 2.31. The lowest BCUT2D eigenvalue weighted by molar-refractivity contribution is -0.130. The molecule has 0 atom stereocenters. The molecule has 0 radical (unpaired) electrons. The summed E-state index contributed by atoms with van der Waals surface area (Å²) in [4.78, 5) is 12.2. The van der Waals surface area contributed by atoms with Gasteiger partial charge in [0.15, 0.2) is 11.5 Å². The summed E-state index contributed by atoms with van der Waals surface area (Å²) in [6.07, 6.45) is 5.63. The van der Waals surface area contributed by atoms with Gasteiger partial charge in [0, 0.05) is 5.56 Å². The molecule has 0 fully saturated rings. The molecule has 2 aromatic rings. The molecular weight excluding hydrogens is 340 g/mol. The summed E-state index contributed by atoms with van der Waals surface area (Å²) in [5, 5.41) is 0. The van der Waals surface area contributed by atoms with E-state index in [1.165, 1.54) is 0 Å². The highest BCUT2D eigenvalue weighted by atomic mass is 16.5. The number of hydrogen-bond donors (Lipinski definition) is 0. The molecule has 1 aliphatic heterocycles. The number of cyclic esters (lactones) is 1. The second-order valence-corrected chi connectivity index (χ2v) is 6.48. The average molecular weight is 364 g/mol. The number of benzene rings is 2. The number of hydrogen-bond acceptors (Lipinski definition) is 4. The molecule has 4 heteroatoms. The van der Waals surface area contributed by atoms with Gasteiger partial charge in [0.2, 0.25) is 0 Å². The quantitative estimate of drug-likeness (QED) is 0.386. The Bertz CT molecular complexity index is 876. The normalized spacial score (nSPS) is 14.9. The lowest BCUT2D eigenvalue weighted by Crippen LogP contribution is -1.99. The molecule has 0 N–H and O–H groups in total. The van der Waals surface area contributed by atoms with Crippen molar-refractivity contribution in [3.8, 4) is 11.5 Å². The third kappa shape index (κ3) is 4.59. The SMILES string of the molecule is CCCCOc1ccc(/C=C2\C=C(c3ccc(C)cc3)OC2=O)cc1OC. The summed E-state index contributed by atoms with van der Waals surface area (Å²) in [5.41, 5.74) is 3.40. The minimum atomic E-state index is -0.354. The smallest absolute Gasteiger partial charge is 0.343 e. The van der Waals surface area contributed by atoms with Crippen molar-refractivity contribution in [2.24, 2.45) is 0 Å². The van der Waals surface area contributed by atoms with E-state index in [0.717, 1.165) is 29.5 Å². The van der Waals surface area contributed by atoms with Crippen molar-refractivity contribution in [3.63, 3.8) is 0 Å². The van der Waals surface area contributed by atoms with Gasteiger partial charge in [0.1, 0.15) is 5.76 Å². The molecule has 4 nitrogen and oxygen atoms in total. The van der Waals surface area contributed by atoms with Gasteiger partial charge in [-0.3, -0.25) is 0 Å². The van der Waals surface area contributed by atoms with Crippen LogP contribution in [0.25, 0.3) is 11.8 Å². The highest BCUT2D eigenvalue weighted by molar-refractivity contribution is 6.05. The van der Waals surface area contributed by atoms with E-state index < -0.39 is 0 Å². The molecular formula is C23H24O4. The number of methoxy groups -OCH3 is 1. The van der Waals surface area contributed by atoms with Crippen molar-refractivity contribution < 1.29 is 19.0 Å². The molecule has 0 saturated heterocycles. The van der Waals surface area contributed by atoms with Crippen molar-refractivity contribution in [2.45, 2.75) is 26.7 Å². The second kappa shape index (κ2) is 8.58. The number of unbranched alkanes of at least 4 members (excludes halogenated alkanes) is 1. The maximum atomic E-state index is 12.2. The summed E-state index contributed by atoms with van der Waals surface area (Å²) in [7, 11) is 1.61. The number of carbonyl (C=O) groups is 1. The fourth-order valence-electron chi connectivity index (χ4n) is 2.75. The molecule has 27 heavy (non-hydrogen) atoms.